The summed E-state index contributed by atoms with van der Waals surface area (Å²) in [6.45, 7) is 8.62. The fraction of sp³-hybridized carbons (Fsp3) is 0.0833. The van der Waals surface area contributed by atoms with Gasteiger partial charge in [-0.1, -0.05) is 119 Å². The molecule has 228 valence electrons. The number of rotatable bonds is 4. The fourth-order valence-electron chi connectivity index (χ4n) is 7.53. The molecule has 0 atom stereocenters. The predicted octanol–water partition coefficient (Wildman–Crippen LogP) is 13.6. The molecule has 0 saturated carbocycles. The van der Waals surface area contributed by atoms with E-state index in [1.807, 2.05) is 0 Å². The Kier molecular flexibility index (Phi) is 6.49. The molecule has 0 saturated heterocycles. The van der Waals surface area contributed by atoms with Crippen LogP contribution in [0.1, 0.15) is 22.3 Å². The second-order valence-electron chi connectivity index (χ2n) is 13.8. The van der Waals surface area contributed by atoms with E-state index in [9.17, 15) is 0 Å². The number of hydrogen-bond donors (Lipinski definition) is 0. The minimum absolute atomic E-state index is 1.24. The molecule has 0 nitrogen and oxygen atoms in total. The lowest BCUT2D eigenvalue weighted by molar-refractivity contribution is 1.47. The zero-order valence-electron chi connectivity index (χ0n) is 27.9. The van der Waals surface area contributed by atoms with Crippen molar-refractivity contribution in [2.75, 3.05) is 0 Å². The summed E-state index contributed by atoms with van der Waals surface area (Å²) in [5, 5.41) is 10.4. The molecule has 0 heteroatoms. The Morgan fingerprint density at radius 2 is 0.438 bits per heavy atom. The van der Waals surface area contributed by atoms with Gasteiger partial charge in [0.15, 0.2) is 0 Å². The van der Waals surface area contributed by atoms with Gasteiger partial charge in [-0.05, 0) is 164 Å². The number of hydrogen-bond acceptors (Lipinski definition) is 0. The molecular formula is C48H36. The summed E-state index contributed by atoms with van der Waals surface area (Å²) in [4.78, 5) is 0. The highest BCUT2D eigenvalue weighted by atomic mass is 14.2. The zero-order chi connectivity index (χ0) is 32.5. The number of benzene rings is 9. The van der Waals surface area contributed by atoms with Crippen molar-refractivity contribution in [2.24, 2.45) is 0 Å². The Balaban J connectivity index is 1.46. The summed E-state index contributed by atoms with van der Waals surface area (Å²) in [7, 11) is 0. The first-order valence-corrected chi connectivity index (χ1v) is 16.9. The first-order valence-electron chi connectivity index (χ1n) is 16.9. The van der Waals surface area contributed by atoms with Crippen LogP contribution in [-0.4, -0.2) is 0 Å². The topological polar surface area (TPSA) is 0 Å². The monoisotopic (exact) mass is 612 g/mol. The Hall–Kier alpha value is -5.72. The van der Waals surface area contributed by atoms with E-state index in [1.54, 1.807) is 0 Å². The summed E-state index contributed by atoms with van der Waals surface area (Å²) >= 11 is 0. The van der Waals surface area contributed by atoms with E-state index in [4.69, 9.17) is 0 Å². The maximum Gasteiger partial charge on any atom is -0.00255 e. The molecule has 0 unspecified atom stereocenters. The van der Waals surface area contributed by atoms with Crippen molar-refractivity contribution in [1.29, 1.82) is 0 Å². The van der Waals surface area contributed by atoms with Gasteiger partial charge < -0.3 is 0 Å². The molecule has 9 aromatic carbocycles. The van der Waals surface area contributed by atoms with Crippen LogP contribution in [0, 0.1) is 27.7 Å². The van der Waals surface area contributed by atoms with E-state index < -0.39 is 0 Å². The molecule has 0 aliphatic heterocycles. The average molecular weight is 613 g/mol. The molecule has 9 rings (SSSR count). The zero-order valence-corrected chi connectivity index (χ0v) is 27.9. The molecule has 0 aliphatic rings. The Morgan fingerprint density at radius 3 is 0.646 bits per heavy atom. The molecule has 0 bridgehead atoms. The van der Waals surface area contributed by atoms with Gasteiger partial charge >= 0.3 is 0 Å². The molecular weight excluding hydrogens is 577 g/mol. The molecule has 0 fully saturated rings. The molecule has 48 heavy (non-hydrogen) atoms. The fourth-order valence-corrected chi connectivity index (χ4v) is 7.53. The van der Waals surface area contributed by atoms with Crippen LogP contribution < -0.4 is 0 Å². The molecule has 0 radical (unpaired) electrons. The van der Waals surface area contributed by atoms with Gasteiger partial charge in [-0.15, -0.1) is 0 Å². The summed E-state index contributed by atoms with van der Waals surface area (Å²) in [6, 6.07) is 55.2. The standard InChI is InChI=1S/C48H36/c1-29-5-13-33(14-6-29)37-21-41-22-38(34-15-7-30(2)8-16-34)27-45-46-28-40(36-19-11-32(4)12-20-36)24-42-23-39(35-17-9-31(3)10-18-35)26-44(48(42)46)43(25-37)47(41)45/h5-28H,1-4H3. The second-order valence-corrected chi connectivity index (χ2v) is 13.8. The van der Waals surface area contributed by atoms with Crippen LogP contribution in [0.2, 0.25) is 0 Å². The van der Waals surface area contributed by atoms with Crippen LogP contribution in [0.5, 0.6) is 0 Å². The summed E-state index contributed by atoms with van der Waals surface area (Å²) in [6.07, 6.45) is 0. The molecule has 0 aromatic heterocycles. The van der Waals surface area contributed by atoms with Crippen molar-refractivity contribution in [3.05, 3.63) is 168 Å². The van der Waals surface area contributed by atoms with E-state index in [1.165, 1.54) is 110 Å². The van der Waals surface area contributed by atoms with Crippen molar-refractivity contribution in [3.63, 3.8) is 0 Å². The van der Waals surface area contributed by atoms with Gasteiger partial charge in [0, 0.05) is 0 Å². The van der Waals surface area contributed by atoms with Crippen molar-refractivity contribution in [3.8, 4) is 44.5 Å². The van der Waals surface area contributed by atoms with Crippen LogP contribution in [0.15, 0.2) is 146 Å². The van der Waals surface area contributed by atoms with Crippen LogP contribution in [-0.2, 0) is 0 Å². The highest BCUT2D eigenvalue weighted by Crippen LogP contribution is 2.46. The molecule has 0 amide bonds. The lowest BCUT2D eigenvalue weighted by Crippen LogP contribution is -1.92. The first-order chi connectivity index (χ1) is 23.4. The average Bonchev–Trinajstić information content (AvgIpc) is 3.10. The van der Waals surface area contributed by atoms with Gasteiger partial charge in [0.1, 0.15) is 0 Å². The predicted molar refractivity (Wildman–Crippen MR) is 208 cm³/mol. The van der Waals surface area contributed by atoms with Crippen molar-refractivity contribution < 1.29 is 0 Å². The van der Waals surface area contributed by atoms with Gasteiger partial charge in [0.05, 0.1) is 0 Å². The number of fused-ring (bicyclic) bond motifs is 2. The third-order valence-corrected chi connectivity index (χ3v) is 10.2. The minimum Gasteiger partial charge on any atom is -0.0587 e. The highest BCUT2D eigenvalue weighted by molar-refractivity contribution is 6.35. The van der Waals surface area contributed by atoms with Crippen molar-refractivity contribution in [1.82, 2.24) is 0 Å². The van der Waals surface area contributed by atoms with Crippen LogP contribution in [0.25, 0.3) is 87.6 Å². The van der Waals surface area contributed by atoms with Gasteiger partial charge in [-0.3, -0.25) is 0 Å². The van der Waals surface area contributed by atoms with Gasteiger partial charge in [0.25, 0.3) is 0 Å². The Morgan fingerprint density at radius 1 is 0.229 bits per heavy atom. The molecule has 0 N–H and O–H groups in total. The van der Waals surface area contributed by atoms with Gasteiger partial charge in [-0.2, -0.15) is 0 Å². The van der Waals surface area contributed by atoms with Crippen LogP contribution in [0.4, 0.5) is 0 Å². The third-order valence-electron chi connectivity index (χ3n) is 10.2. The Bertz CT molecular complexity index is 2270. The quantitative estimate of drug-likeness (QED) is 0.137. The van der Waals surface area contributed by atoms with E-state index in [0.717, 1.165) is 0 Å². The second kappa shape index (κ2) is 10.9. The van der Waals surface area contributed by atoms with Crippen molar-refractivity contribution in [2.45, 2.75) is 27.7 Å². The summed E-state index contributed by atoms with van der Waals surface area (Å²) in [5.41, 5.74) is 15.1. The van der Waals surface area contributed by atoms with E-state index in [2.05, 4.69) is 173 Å². The summed E-state index contributed by atoms with van der Waals surface area (Å²) < 4.78 is 0. The largest absolute Gasteiger partial charge is 0.0587 e. The molecule has 0 aliphatic carbocycles. The van der Waals surface area contributed by atoms with Gasteiger partial charge in [0.2, 0.25) is 0 Å². The van der Waals surface area contributed by atoms with Gasteiger partial charge in [-0.25, -0.2) is 0 Å². The van der Waals surface area contributed by atoms with Crippen molar-refractivity contribution >= 4 is 43.1 Å². The maximum atomic E-state index is 2.44. The first kappa shape index (κ1) is 28.5. The minimum atomic E-state index is 1.24. The SMILES string of the molecule is Cc1ccc(-c2cc3cc(-c4ccc(C)cc4)cc4c5cc(-c6ccc(C)cc6)cc6cc(-c7ccc(C)cc7)cc(c(c2)c34)c65)cc1. The smallest absolute Gasteiger partial charge is 0.00255 e. The van der Waals surface area contributed by atoms with E-state index >= 15 is 0 Å². The summed E-state index contributed by atoms with van der Waals surface area (Å²) in [5.74, 6) is 0. The highest BCUT2D eigenvalue weighted by Gasteiger charge is 2.19. The van der Waals surface area contributed by atoms with Crippen LogP contribution in [0.3, 0.4) is 0 Å². The third kappa shape index (κ3) is 4.76. The van der Waals surface area contributed by atoms with E-state index in [-0.39, 0.29) is 0 Å². The van der Waals surface area contributed by atoms with E-state index in [0.29, 0.717) is 0 Å². The molecule has 0 heterocycles. The Labute approximate surface area is 282 Å². The molecule has 0 spiro atoms. The lowest BCUT2D eigenvalue weighted by atomic mass is 9.83. The maximum absolute atomic E-state index is 2.44. The normalized spacial score (nSPS) is 11.8. The van der Waals surface area contributed by atoms with Crippen LogP contribution >= 0.6 is 0 Å². The molecule has 9 aromatic rings. The lowest BCUT2D eigenvalue weighted by Gasteiger charge is -2.20. The number of aryl methyl sites for hydroxylation is 4.